The number of Topliss-reactive ketones (excluding diaryl/α,β-unsaturated/α-hetero) is 1. The van der Waals surface area contributed by atoms with Gasteiger partial charge in [0.15, 0.2) is 6.10 Å². The van der Waals surface area contributed by atoms with Crippen LogP contribution in [0.2, 0.25) is 0 Å². The van der Waals surface area contributed by atoms with E-state index in [1.165, 1.54) is 18.1 Å². The molecule has 40 heavy (non-hydrogen) atoms. The Labute approximate surface area is 235 Å². The van der Waals surface area contributed by atoms with Crippen LogP contribution in [-0.4, -0.2) is 23.8 Å². The monoisotopic (exact) mass is 535 g/mol. The average molecular weight is 536 g/mol. The molecule has 4 aromatic rings. The Morgan fingerprint density at radius 1 is 0.700 bits per heavy atom. The van der Waals surface area contributed by atoms with Crippen LogP contribution in [0.25, 0.3) is 0 Å². The number of nitrogens with one attached hydrogen (secondary N) is 1. The second kappa shape index (κ2) is 12.9. The molecule has 0 radical (unpaired) electrons. The van der Waals surface area contributed by atoms with Crippen LogP contribution in [0.3, 0.4) is 0 Å². The van der Waals surface area contributed by atoms with Crippen molar-refractivity contribution < 1.29 is 23.9 Å². The van der Waals surface area contributed by atoms with Gasteiger partial charge in [-0.25, -0.2) is 0 Å². The zero-order chi connectivity index (χ0) is 28.5. The molecule has 0 aliphatic rings. The summed E-state index contributed by atoms with van der Waals surface area (Å²) < 4.78 is 11.2. The largest absolute Gasteiger partial charge is 0.457 e. The minimum Gasteiger partial charge on any atom is -0.457 e. The number of esters is 1. The zero-order valence-corrected chi connectivity index (χ0v) is 22.9. The molecule has 0 fully saturated rings. The Kier molecular flexibility index (Phi) is 9.12. The lowest BCUT2D eigenvalue weighted by Gasteiger charge is -2.26. The number of carbonyl (C=O) groups is 3. The number of anilines is 1. The van der Waals surface area contributed by atoms with Gasteiger partial charge >= 0.3 is 5.97 Å². The van der Waals surface area contributed by atoms with Crippen molar-refractivity contribution in [3.8, 4) is 11.5 Å². The van der Waals surface area contributed by atoms with E-state index < -0.39 is 12.1 Å². The first-order chi connectivity index (χ1) is 19.2. The summed E-state index contributed by atoms with van der Waals surface area (Å²) in [7, 11) is 0. The summed E-state index contributed by atoms with van der Waals surface area (Å²) in [4.78, 5) is 36.8. The number of ketones is 1. The molecule has 1 atom stereocenters. The number of carbonyl (C=O) groups excluding carboxylic acids is 3. The van der Waals surface area contributed by atoms with E-state index in [2.05, 4.69) is 43.4 Å². The number of hydrogen-bond donors (Lipinski definition) is 1. The number of rotatable bonds is 11. The molecular formula is C34H33NO5. The van der Waals surface area contributed by atoms with Crippen LogP contribution in [0.1, 0.15) is 55.1 Å². The zero-order valence-electron chi connectivity index (χ0n) is 22.9. The molecular weight excluding hydrogens is 502 g/mol. The van der Waals surface area contributed by atoms with Gasteiger partial charge in [0.1, 0.15) is 11.5 Å². The predicted octanol–water partition coefficient (Wildman–Crippen LogP) is 7.34. The van der Waals surface area contributed by atoms with Gasteiger partial charge in [0, 0.05) is 23.1 Å². The quantitative estimate of drug-likeness (QED) is 0.161. The van der Waals surface area contributed by atoms with Crippen LogP contribution in [0.15, 0.2) is 109 Å². The van der Waals surface area contributed by atoms with Crippen LogP contribution in [0.4, 0.5) is 5.69 Å². The fraction of sp³-hybridized carbons (Fsp3) is 0.206. The first kappa shape index (κ1) is 28.3. The van der Waals surface area contributed by atoms with Gasteiger partial charge in [-0.15, -0.1) is 0 Å². The van der Waals surface area contributed by atoms with Gasteiger partial charge in [-0.1, -0.05) is 86.6 Å². The maximum Gasteiger partial charge on any atom is 0.307 e. The van der Waals surface area contributed by atoms with Crippen molar-refractivity contribution in [1.82, 2.24) is 0 Å². The lowest BCUT2D eigenvalue weighted by molar-refractivity contribution is -0.147. The molecule has 0 saturated heterocycles. The fourth-order valence-electron chi connectivity index (χ4n) is 4.29. The maximum absolute atomic E-state index is 12.3. The molecule has 1 unspecified atom stereocenters. The lowest BCUT2D eigenvalue weighted by atomic mass is 9.78. The minimum atomic E-state index is -0.919. The summed E-state index contributed by atoms with van der Waals surface area (Å²) >= 11 is 0. The molecule has 1 N–H and O–H groups in total. The Balaban J connectivity index is 1.24. The van der Waals surface area contributed by atoms with Crippen molar-refractivity contribution in [1.29, 1.82) is 0 Å². The van der Waals surface area contributed by atoms with Gasteiger partial charge in [0.05, 0.1) is 6.42 Å². The standard InChI is InChI=1S/C34H33NO5/c1-24(33(38)25-10-6-4-7-11-25)39-32(37)23-22-31(36)35-28-16-20-30(21-17-28)40-29-18-14-27(15-19-29)34(2,3)26-12-8-5-9-13-26/h4-21,24H,22-23H2,1-3H3,(H,35,36). The SMILES string of the molecule is CC(OC(=O)CCC(=O)Nc1ccc(Oc2ccc(C(C)(C)c3ccccc3)cc2)cc1)C(=O)c1ccccc1. The third kappa shape index (κ3) is 7.44. The normalized spacial score (nSPS) is 11.8. The Bertz CT molecular complexity index is 1430. The Morgan fingerprint density at radius 2 is 1.23 bits per heavy atom. The second-order valence-corrected chi connectivity index (χ2v) is 10.1. The van der Waals surface area contributed by atoms with E-state index in [-0.39, 0.29) is 29.9 Å². The van der Waals surface area contributed by atoms with Crippen molar-refractivity contribution in [3.05, 3.63) is 126 Å². The van der Waals surface area contributed by atoms with Crippen molar-refractivity contribution >= 4 is 23.3 Å². The third-order valence-corrected chi connectivity index (χ3v) is 6.74. The van der Waals surface area contributed by atoms with Crippen molar-refractivity contribution in [2.45, 2.75) is 45.1 Å². The van der Waals surface area contributed by atoms with Crippen LogP contribution in [0.5, 0.6) is 11.5 Å². The molecule has 0 aliphatic heterocycles. The number of hydrogen-bond acceptors (Lipinski definition) is 5. The first-order valence-electron chi connectivity index (χ1n) is 13.2. The minimum absolute atomic E-state index is 0.0605. The Morgan fingerprint density at radius 3 is 1.82 bits per heavy atom. The molecule has 0 aromatic heterocycles. The van der Waals surface area contributed by atoms with Gasteiger partial charge in [0.25, 0.3) is 0 Å². The number of amides is 1. The molecule has 0 bridgehead atoms. The van der Waals surface area contributed by atoms with E-state index in [1.54, 1.807) is 54.6 Å². The first-order valence-corrected chi connectivity index (χ1v) is 13.2. The van der Waals surface area contributed by atoms with Gasteiger partial charge < -0.3 is 14.8 Å². The molecule has 204 valence electrons. The van der Waals surface area contributed by atoms with E-state index >= 15 is 0 Å². The molecule has 0 spiro atoms. The topological polar surface area (TPSA) is 81.7 Å². The highest BCUT2D eigenvalue weighted by atomic mass is 16.5. The van der Waals surface area contributed by atoms with Gasteiger partial charge in [0.2, 0.25) is 11.7 Å². The summed E-state index contributed by atoms with van der Waals surface area (Å²) in [6.45, 7) is 5.92. The van der Waals surface area contributed by atoms with E-state index in [0.29, 0.717) is 22.7 Å². The highest BCUT2D eigenvalue weighted by molar-refractivity contribution is 6.00. The van der Waals surface area contributed by atoms with Crippen molar-refractivity contribution in [2.24, 2.45) is 0 Å². The fourth-order valence-corrected chi connectivity index (χ4v) is 4.29. The summed E-state index contributed by atoms with van der Waals surface area (Å²) in [5.41, 5.74) is 3.35. The summed E-state index contributed by atoms with van der Waals surface area (Å²) in [6.07, 6.45) is -1.11. The summed E-state index contributed by atoms with van der Waals surface area (Å²) in [5, 5.41) is 2.76. The van der Waals surface area contributed by atoms with E-state index in [9.17, 15) is 14.4 Å². The third-order valence-electron chi connectivity index (χ3n) is 6.74. The van der Waals surface area contributed by atoms with Crippen LogP contribution in [0, 0.1) is 0 Å². The molecule has 0 heterocycles. The van der Waals surface area contributed by atoms with Gasteiger partial charge in [-0.2, -0.15) is 0 Å². The highest BCUT2D eigenvalue weighted by Crippen LogP contribution is 2.33. The summed E-state index contributed by atoms with van der Waals surface area (Å²) in [6, 6.07) is 34.0. The Hall–Kier alpha value is -4.71. The molecule has 1 amide bonds. The van der Waals surface area contributed by atoms with Crippen molar-refractivity contribution in [3.63, 3.8) is 0 Å². The molecule has 6 heteroatoms. The van der Waals surface area contributed by atoms with E-state index in [1.807, 2.05) is 30.3 Å². The number of benzene rings is 4. The second-order valence-electron chi connectivity index (χ2n) is 10.1. The molecule has 6 nitrogen and oxygen atoms in total. The summed E-state index contributed by atoms with van der Waals surface area (Å²) in [5.74, 6) is 0.127. The van der Waals surface area contributed by atoms with Crippen molar-refractivity contribution in [2.75, 3.05) is 5.32 Å². The lowest BCUT2D eigenvalue weighted by Crippen LogP contribution is -2.25. The molecule has 0 saturated carbocycles. The van der Waals surface area contributed by atoms with Crippen LogP contribution < -0.4 is 10.1 Å². The van der Waals surface area contributed by atoms with E-state index in [4.69, 9.17) is 9.47 Å². The maximum atomic E-state index is 12.3. The van der Waals surface area contributed by atoms with Gasteiger partial charge in [-0.05, 0) is 54.4 Å². The van der Waals surface area contributed by atoms with Crippen LogP contribution >= 0.6 is 0 Å². The van der Waals surface area contributed by atoms with Crippen LogP contribution in [-0.2, 0) is 19.7 Å². The molecule has 0 aliphatic carbocycles. The highest BCUT2D eigenvalue weighted by Gasteiger charge is 2.23. The van der Waals surface area contributed by atoms with E-state index in [0.717, 1.165) is 0 Å². The molecule has 4 rings (SSSR count). The molecule has 4 aromatic carbocycles. The average Bonchev–Trinajstić information content (AvgIpc) is 2.98. The number of ether oxygens (including phenoxy) is 2. The van der Waals surface area contributed by atoms with Gasteiger partial charge in [-0.3, -0.25) is 14.4 Å². The smallest absolute Gasteiger partial charge is 0.307 e. The predicted molar refractivity (Wildman–Crippen MR) is 156 cm³/mol.